The molecule has 0 unspecified atom stereocenters. The number of nitrogens with one attached hydrogen (secondary N) is 1. The van der Waals surface area contributed by atoms with Crippen molar-refractivity contribution < 1.29 is 4.74 Å². The Morgan fingerprint density at radius 3 is 3.00 bits per heavy atom. The molecule has 1 N–H and O–H groups in total. The quantitative estimate of drug-likeness (QED) is 0.726. The Bertz CT molecular complexity index is 308. The fraction of sp³-hybridized carbons (Fsp3) is 0.500. The molecule has 0 spiro atoms. The Morgan fingerprint density at radius 1 is 1.67 bits per heavy atom. The zero-order valence-electron chi connectivity index (χ0n) is 7.26. The van der Waals surface area contributed by atoms with E-state index in [1.54, 1.807) is 7.11 Å². The van der Waals surface area contributed by atoms with Gasteiger partial charge in [0.05, 0.1) is 6.61 Å². The fourth-order valence-electron chi connectivity index (χ4n) is 0.959. The largest absolute Gasteiger partial charge is 0.384 e. The number of nitrogens with zero attached hydrogens (tertiary/aromatic N) is 1. The molecule has 0 aromatic carbocycles. The van der Waals surface area contributed by atoms with E-state index in [4.69, 9.17) is 17.0 Å². The summed E-state index contributed by atoms with van der Waals surface area (Å²) in [4.78, 5) is 7.28. The molecular weight excluding hydrogens is 172 g/mol. The monoisotopic (exact) mass is 184 g/mol. The van der Waals surface area contributed by atoms with E-state index >= 15 is 0 Å². The maximum atomic E-state index is 4.97. The molecule has 0 aliphatic carbocycles. The van der Waals surface area contributed by atoms with Crippen molar-refractivity contribution >= 4 is 12.2 Å². The molecule has 1 aromatic heterocycles. The smallest absolute Gasteiger partial charge is 0.129 e. The summed E-state index contributed by atoms with van der Waals surface area (Å²) < 4.78 is 5.57. The standard InChI is InChI=1S/C8H12N2OS/c1-6-5-8(12)10-7(9-6)3-4-11-2/h5H,3-4H2,1-2H3,(H,9,10,12). The normalized spacial score (nSPS) is 10.2. The predicted molar refractivity (Wildman–Crippen MR) is 49.7 cm³/mol. The van der Waals surface area contributed by atoms with Crippen LogP contribution in [0.1, 0.15) is 11.5 Å². The maximum absolute atomic E-state index is 4.97. The first-order valence-electron chi connectivity index (χ1n) is 3.78. The van der Waals surface area contributed by atoms with Gasteiger partial charge in [0.2, 0.25) is 0 Å². The van der Waals surface area contributed by atoms with E-state index < -0.39 is 0 Å². The lowest BCUT2D eigenvalue weighted by atomic mass is 10.4. The Kier molecular flexibility index (Phi) is 3.37. The fourth-order valence-corrected chi connectivity index (χ4v) is 1.25. The van der Waals surface area contributed by atoms with Gasteiger partial charge in [-0.15, -0.1) is 0 Å². The lowest BCUT2D eigenvalue weighted by Crippen LogP contribution is -2.01. The van der Waals surface area contributed by atoms with Gasteiger partial charge in [-0.25, -0.2) is 4.98 Å². The molecule has 0 aliphatic heterocycles. The van der Waals surface area contributed by atoms with Crippen molar-refractivity contribution in [1.29, 1.82) is 0 Å². The lowest BCUT2D eigenvalue weighted by molar-refractivity contribution is 0.200. The summed E-state index contributed by atoms with van der Waals surface area (Å²) in [6.07, 6.45) is 0.780. The average molecular weight is 184 g/mol. The molecule has 0 amide bonds. The summed E-state index contributed by atoms with van der Waals surface area (Å²) in [6.45, 7) is 2.63. The van der Waals surface area contributed by atoms with E-state index in [0.29, 0.717) is 11.2 Å². The van der Waals surface area contributed by atoms with Crippen LogP contribution in [0.2, 0.25) is 0 Å². The summed E-state index contributed by atoms with van der Waals surface area (Å²) >= 11 is 4.97. The van der Waals surface area contributed by atoms with Crippen LogP contribution in [0.25, 0.3) is 0 Å². The third kappa shape index (κ3) is 2.71. The molecule has 0 radical (unpaired) electrons. The van der Waals surface area contributed by atoms with Crippen molar-refractivity contribution in [1.82, 2.24) is 9.97 Å². The first kappa shape index (κ1) is 9.35. The SMILES string of the molecule is COCCc1nc(=S)cc(C)[nH]1. The molecular formula is C8H12N2OS. The van der Waals surface area contributed by atoms with Crippen LogP contribution in [-0.2, 0) is 11.2 Å². The Hall–Kier alpha value is -0.740. The van der Waals surface area contributed by atoms with Gasteiger partial charge in [-0.1, -0.05) is 12.2 Å². The van der Waals surface area contributed by atoms with Crippen LogP contribution < -0.4 is 0 Å². The van der Waals surface area contributed by atoms with Crippen molar-refractivity contribution in [3.8, 4) is 0 Å². The summed E-state index contributed by atoms with van der Waals surface area (Å²) in [5.74, 6) is 0.891. The molecule has 4 heteroatoms. The number of aromatic nitrogens is 2. The van der Waals surface area contributed by atoms with E-state index in [1.807, 2.05) is 13.0 Å². The Morgan fingerprint density at radius 2 is 2.42 bits per heavy atom. The van der Waals surface area contributed by atoms with Crippen LogP contribution in [0.5, 0.6) is 0 Å². The number of hydrogen-bond donors (Lipinski definition) is 1. The molecule has 0 atom stereocenters. The van der Waals surface area contributed by atoms with E-state index in [9.17, 15) is 0 Å². The van der Waals surface area contributed by atoms with Crippen molar-refractivity contribution in [3.05, 3.63) is 22.2 Å². The van der Waals surface area contributed by atoms with E-state index in [1.165, 1.54) is 0 Å². The molecule has 0 aliphatic rings. The molecule has 1 aromatic rings. The summed E-state index contributed by atoms with van der Waals surface area (Å²) in [7, 11) is 1.67. The minimum Gasteiger partial charge on any atom is -0.384 e. The van der Waals surface area contributed by atoms with Gasteiger partial charge in [-0.2, -0.15) is 0 Å². The van der Waals surface area contributed by atoms with Gasteiger partial charge in [-0.3, -0.25) is 0 Å². The van der Waals surface area contributed by atoms with Crippen molar-refractivity contribution in [3.63, 3.8) is 0 Å². The number of aromatic amines is 1. The number of H-pyrrole nitrogens is 1. The molecule has 1 heterocycles. The molecule has 0 saturated heterocycles. The zero-order chi connectivity index (χ0) is 8.97. The average Bonchev–Trinajstić information content (AvgIpc) is 1.99. The highest BCUT2D eigenvalue weighted by Gasteiger charge is 1.94. The summed E-state index contributed by atoms with van der Waals surface area (Å²) in [5, 5.41) is 0. The number of rotatable bonds is 3. The van der Waals surface area contributed by atoms with Gasteiger partial charge in [0, 0.05) is 19.2 Å². The second-order valence-corrected chi connectivity index (χ2v) is 3.01. The minimum absolute atomic E-state index is 0.636. The number of aryl methyl sites for hydroxylation is 1. The van der Waals surface area contributed by atoms with Gasteiger partial charge >= 0.3 is 0 Å². The second-order valence-electron chi connectivity index (χ2n) is 2.59. The van der Waals surface area contributed by atoms with Gasteiger partial charge in [0.15, 0.2) is 0 Å². The Labute approximate surface area is 76.8 Å². The van der Waals surface area contributed by atoms with Gasteiger partial charge in [0.1, 0.15) is 10.5 Å². The third-order valence-corrected chi connectivity index (χ3v) is 1.68. The van der Waals surface area contributed by atoms with Crippen molar-refractivity contribution in [2.75, 3.05) is 13.7 Å². The first-order valence-corrected chi connectivity index (χ1v) is 4.19. The highest BCUT2D eigenvalue weighted by Crippen LogP contribution is 1.96. The van der Waals surface area contributed by atoms with E-state index in [0.717, 1.165) is 17.9 Å². The highest BCUT2D eigenvalue weighted by molar-refractivity contribution is 7.71. The van der Waals surface area contributed by atoms with Crippen LogP contribution in [0.4, 0.5) is 0 Å². The number of ether oxygens (including phenoxy) is 1. The zero-order valence-corrected chi connectivity index (χ0v) is 8.07. The first-order chi connectivity index (χ1) is 5.72. The third-order valence-electron chi connectivity index (χ3n) is 1.47. The van der Waals surface area contributed by atoms with Crippen molar-refractivity contribution in [2.45, 2.75) is 13.3 Å². The minimum atomic E-state index is 0.636. The van der Waals surface area contributed by atoms with E-state index in [2.05, 4.69) is 9.97 Å². The number of methoxy groups -OCH3 is 1. The molecule has 12 heavy (non-hydrogen) atoms. The van der Waals surface area contributed by atoms with Gasteiger partial charge < -0.3 is 9.72 Å². The van der Waals surface area contributed by atoms with Gasteiger partial charge in [-0.05, 0) is 13.0 Å². The topological polar surface area (TPSA) is 37.9 Å². The van der Waals surface area contributed by atoms with Crippen molar-refractivity contribution in [2.24, 2.45) is 0 Å². The van der Waals surface area contributed by atoms with Crippen LogP contribution in [0.15, 0.2) is 6.07 Å². The van der Waals surface area contributed by atoms with Crippen LogP contribution in [0, 0.1) is 11.6 Å². The summed E-state index contributed by atoms with van der Waals surface area (Å²) in [6, 6.07) is 1.84. The van der Waals surface area contributed by atoms with Crippen LogP contribution >= 0.6 is 12.2 Å². The maximum Gasteiger partial charge on any atom is 0.129 e. The van der Waals surface area contributed by atoms with Gasteiger partial charge in [0.25, 0.3) is 0 Å². The molecule has 1 rings (SSSR count). The Balaban J connectivity index is 2.79. The second kappa shape index (κ2) is 4.33. The molecule has 0 bridgehead atoms. The van der Waals surface area contributed by atoms with E-state index in [-0.39, 0.29) is 0 Å². The molecule has 66 valence electrons. The number of hydrogen-bond acceptors (Lipinski definition) is 3. The van der Waals surface area contributed by atoms with Crippen LogP contribution in [-0.4, -0.2) is 23.7 Å². The highest BCUT2D eigenvalue weighted by atomic mass is 32.1. The van der Waals surface area contributed by atoms with Crippen LogP contribution in [0.3, 0.4) is 0 Å². The lowest BCUT2D eigenvalue weighted by Gasteiger charge is -2.00. The molecule has 0 fully saturated rings. The predicted octanol–water partition coefficient (Wildman–Crippen LogP) is 1.64. The molecule has 0 saturated carbocycles. The summed E-state index contributed by atoms with van der Waals surface area (Å²) in [5.41, 5.74) is 1.04. The molecule has 3 nitrogen and oxygen atoms in total.